The van der Waals surface area contributed by atoms with Gasteiger partial charge in [-0.3, -0.25) is 0 Å². The normalized spacial score (nSPS) is 12.9. The molecule has 4 aromatic rings. The van der Waals surface area contributed by atoms with Gasteiger partial charge in [-0.2, -0.15) is 0 Å². The van der Waals surface area contributed by atoms with E-state index in [-0.39, 0.29) is 12.2 Å². The summed E-state index contributed by atoms with van der Waals surface area (Å²) in [6.45, 7) is 3.07. The smallest absolute Gasteiger partial charge is 0.108 e. The zero-order valence-corrected chi connectivity index (χ0v) is 19.1. The summed E-state index contributed by atoms with van der Waals surface area (Å²) in [6.07, 6.45) is -0.276. The molecule has 162 valence electrons. The maximum Gasteiger partial charge on any atom is 0.108 e. The van der Waals surface area contributed by atoms with Crippen molar-refractivity contribution in [3.63, 3.8) is 0 Å². The predicted molar refractivity (Wildman–Crippen MR) is 133 cm³/mol. The molecule has 0 bridgehead atoms. The average Bonchev–Trinajstić information content (AvgIpc) is 2.84. The van der Waals surface area contributed by atoms with E-state index in [0.29, 0.717) is 13.2 Å². The Morgan fingerprint density at radius 2 is 0.906 bits per heavy atom. The van der Waals surface area contributed by atoms with Gasteiger partial charge < -0.3 is 9.47 Å². The number of rotatable bonds is 9. The van der Waals surface area contributed by atoms with Crippen LogP contribution in [0.4, 0.5) is 0 Å². The molecule has 0 heterocycles. The molecule has 2 nitrogen and oxygen atoms in total. The van der Waals surface area contributed by atoms with Crippen LogP contribution in [-0.4, -0.2) is 13.2 Å². The lowest BCUT2D eigenvalue weighted by atomic mass is 10.0. The Bertz CT molecular complexity index is 987. The molecule has 0 fully saturated rings. The summed E-state index contributed by atoms with van der Waals surface area (Å²) in [6, 6.07) is 37.3. The fraction of sp³-hybridized carbons (Fsp3) is 0.172. The highest BCUT2D eigenvalue weighted by atomic mass is 32.1. The van der Waals surface area contributed by atoms with E-state index in [4.69, 9.17) is 9.47 Å². The molecule has 4 aromatic carbocycles. The van der Waals surface area contributed by atoms with Crippen molar-refractivity contribution in [2.45, 2.75) is 24.0 Å². The van der Waals surface area contributed by atoms with Crippen molar-refractivity contribution in [2.24, 2.45) is 0 Å². The Kier molecular flexibility index (Phi) is 7.78. The molecule has 3 heteroatoms. The van der Waals surface area contributed by atoms with Gasteiger partial charge in [-0.15, -0.1) is 12.6 Å². The summed E-state index contributed by atoms with van der Waals surface area (Å²) >= 11 is 4.41. The zero-order valence-electron chi connectivity index (χ0n) is 18.2. The van der Waals surface area contributed by atoms with E-state index in [1.807, 2.05) is 48.5 Å². The highest BCUT2D eigenvalue weighted by Gasteiger charge is 2.17. The molecule has 0 spiro atoms. The Balaban J connectivity index is 1.46. The highest BCUT2D eigenvalue weighted by Crippen LogP contribution is 2.28. The largest absolute Gasteiger partial charge is 0.366 e. The van der Waals surface area contributed by atoms with E-state index < -0.39 is 0 Å². The molecular formula is C29H28O2S. The Labute approximate surface area is 196 Å². The molecule has 0 aliphatic carbocycles. The standard InChI is InChI=1S/C29H28O2S/c1-22-12-14-25(15-13-22)28(23-8-4-2-5-9-23)30-20-21-31-29(24-10-6-3-7-11-24)26-16-18-27(32)19-17-26/h2-19,28-29,32H,20-21H2,1H3. The first-order valence-corrected chi connectivity index (χ1v) is 11.3. The molecular weight excluding hydrogens is 412 g/mol. The summed E-state index contributed by atoms with van der Waals surface area (Å²) in [5.41, 5.74) is 5.75. The van der Waals surface area contributed by atoms with Crippen LogP contribution in [0.2, 0.25) is 0 Å². The molecule has 0 aromatic heterocycles. The fourth-order valence-corrected chi connectivity index (χ4v) is 3.90. The van der Waals surface area contributed by atoms with Crippen LogP contribution < -0.4 is 0 Å². The summed E-state index contributed by atoms with van der Waals surface area (Å²) in [5.74, 6) is 0. The molecule has 0 amide bonds. The van der Waals surface area contributed by atoms with E-state index in [0.717, 1.165) is 27.1 Å². The second-order valence-corrected chi connectivity index (χ2v) is 8.34. The molecule has 32 heavy (non-hydrogen) atoms. The van der Waals surface area contributed by atoms with Crippen molar-refractivity contribution in [1.82, 2.24) is 0 Å². The molecule has 4 rings (SSSR count). The minimum atomic E-state index is -0.150. The number of hydrogen-bond acceptors (Lipinski definition) is 3. The minimum absolute atomic E-state index is 0.126. The molecule has 0 aliphatic heterocycles. The van der Waals surface area contributed by atoms with Crippen LogP contribution in [0.3, 0.4) is 0 Å². The first kappa shape index (κ1) is 22.3. The van der Waals surface area contributed by atoms with Gasteiger partial charge in [0.05, 0.1) is 13.2 Å². The van der Waals surface area contributed by atoms with Crippen molar-refractivity contribution >= 4 is 12.6 Å². The highest BCUT2D eigenvalue weighted by molar-refractivity contribution is 7.80. The van der Waals surface area contributed by atoms with Crippen LogP contribution in [0.15, 0.2) is 114 Å². The van der Waals surface area contributed by atoms with Gasteiger partial charge in [-0.05, 0) is 41.3 Å². The third-order valence-electron chi connectivity index (χ3n) is 5.43. The lowest BCUT2D eigenvalue weighted by molar-refractivity contribution is -0.000919. The summed E-state index contributed by atoms with van der Waals surface area (Å²) < 4.78 is 12.7. The third-order valence-corrected chi connectivity index (χ3v) is 5.73. The first-order chi connectivity index (χ1) is 15.7. The number of ether oxygens (including phenoxy) is 2. The van der Waals surface area contributed by atoms with Gasteiger partial charge in [0, 0.05) is 4.90 Å². The van der Waals surface area contributed by atoms with Gasteiger partial charge in [0.15, 0.2) is 0 Å². The molecule has 0 radical (unpaired) electrons. The number of aryl methyl sites for hydroxylation is 1. The third kappa shape index (κ3) is 5.89. The topological polar surface area (TPSA) is 18.5 Å². The van der Waals surface area contributed by atoms with Crippen LogP contribution in [0.25, 0.3) is 0 Å². The van der Waals surface area contributed by atoms with Gasteiger partial charge in [0.1, 0.15) is 12.2 Å². The summed E-state index contributed by atoms with van der Waals surface area (Å²) in [4.78, 5) is 0.938. The average molecular weight is 441 g/mol. The van der Waals surface area contributed by atoms with Gasteiger partial charge in [0.25, 0.3) is 0 Å². The quantitative estimate of drug-likeness (QED) is 0.219. The molecule has 2 unspecified atom stereocenters. The second kappa shape index (κ2) is 11.1. The van der Waals surface area contributed by atoms with E-state index in [9.17, 15) is 0 Å². The van der Waals surface area contributed by atoms with Crippen LogP contribution in [0, 0.1) is 6.92 Å². The maximum atomic E-state index is 6.36. The van der Waals surface area contributed by atoms with Crippen molar-refractivity contribution < 1.29 is 9.47 Å². The SMILES string of the molecule is Cc1ccc(C(OCCOC(c2ccccc2)c2ccc(S)cc2)c2ccccc2)cc1. The van der Waals surface area contributed by atoms with Crippen molar-refractivity contribution in [1.29, 1.82) is 0 Å². The lowest BCUT2D eigenvalue weighted by Gasteiger charge is -2.22. The van der Waals surface area contributed by atoms with Crippen molar-refractivity contribution in [3.8, 4) is 0 Å². The van der Waals surface area contributed by atoms with Crippen LogP contribution in [0.5, 0.6) is 0 Å². The molecule has 0 saturated carbocycles. The van der Waals surface area contributed by atoms with E-state index in [1.165, 1.54) is 5.56 Å². The van der Waals surface area contributed by atoms with E-state index in [1.54, 1.807) is 0 Å². The fourth-order valence-electron chi connectivity index (χ4n) is 3.75. The van der Waals surface area contributed by atoms with Crippen LogP contribution >= 0.6 is 12.6 Å². The lowest BCUT2D eigenvalue weighted by Crippen LogP contribution is -2.14. The molecule has 0 aliphatic rings. The maximum absolute atomic E-state index is 6.36. The predicted octanol–water partition coefficient (Wildman–Crippen LogP) is 7.20. The Morgan fingerprint density at radius 1 is 0.531 bits per heavy atom. The Morgan fingerprint density at radius 3 is 1.34 bits per heavy atom. The monoisotopic (exact) mass is 440 g/mol. The minimum Gasteiger partial charge on any atom is -0.366 e. The van der Waals surface area contributed by atoms with Gasteiger partial charge in [0.2, 0.25) is 0 Å². The van der Waals surface area contributed by atoms with Crippen LogP contribution in [-0.2, 0) is 9.47 Å². The Hall–Kier alpha value is -2.85. The zero-order chi connectivity index (χ0) is 22.2. The number of thiol groups is 1. The molecule has 0 saturated heterocycles. The summed E-state index contributed by atoms with van der Waals surface area (Å²) in [7, 11) is 0. The van der Waals surface area contributed by atoms with Crippen molar-refractivity contribution in [3.05, 3.63) is 137 Å². The van der Waals surface area contributed by atoms with E-state index in [2.05, 4.69) is 80.2 Å². The summed E-state index contributed by atoms with van der Waals surface area (Å²) in [5, 5.41) is 0. The van der Waals surface area contributed by atoms with Gasteiger partial charge in [-0.1, -0.05) is 103 Å². The molecule has 0 N–H and O–H groups in total. The number of hydrogen-bond donors (Lipinski definition) is 1. The van der Waals surface area contributed by atoms with Crippen LogP contribution in [0.1, 0.15) is 40.0 Å². The van der Waals surface area contributed by atoms with Gasteiger partial charge >= 0.3 is 0 Å². The second-order valence-electron chi connectivity index (χ2n) is 7.83. The number of benzene rings is 4. The first-order valence-electron chi connectivity index (χ1n) is 10.9. The van der Waals surface area contributed by atoms with E-state index >= 15 is 0 Å². The van der Waals surface area contributed by atoms with Gasteiger partial charge in [-0.25, -0.2) is 0 Å². The van der Waals surface area contributed by atoms with Crippen molar-refractivity contribution in [2.75, 3.05) is 13.2 Å². The molecule has 2 atom stereocenters.